The number of nitrogens with zero attached hydrogens (tertiary/aromatic N) is 2. The van der Waals surface area contributed by atoms with E-state index in [-0.39, 0.29) is 11.3 Å². The van der Waals surface area contributed by atoms with Crippen molar-refractivity contribution in [2.75, 3.05) is 14.2 Å². The Morgan fingerprint density at radius 3 is 2.10 bits per heavy atom. The van der Waals surface area contributed by atoms with Crippen LogP contribution in [0.1, 0.15) is 26.4 Å². The van der Waals surface area contributed by atoms with Gasteiger partial charge in [-0.15, -0.1) is 0 Å². The third kappa shape index (κ3) is 3.12. The second kappa shape index (κ2) is 7.83. The molecule has 0 radical (unpaired) electrons. The lowest BCUT2D eigenvalue weighted by atomic mass is 9.96. The van der Waals surface area contributed by atoms with Crippen LogP contribution in [0.3, 0.4) is 0 Å². The summed E-state index contributed by atoms with van der Waals surface area (Å²) < 4.78 is 11.4. The molecule has 0 atom stereocenters. The number of aryl methyl sites for hydroxylation is 1. The maximum Gasteiger partial charge on any atom is 0.357 e. The standard InChI is InChI=1S/C24H20N2O4/c1-15-13-14-19(18-12-8-7-11-17(15)18)21-20(23(27)29-2)22(24(28)30-3)26(25-21)16-9-5-4-6-10-16/h4-14H,1-3H3. The van der Waals surface area contributed by atoms with Gasteiger partial charge in [0.15, 0.2) is 5.69 Å². The fraction of sp³-hybridized carbons (Fsp3) is 0.125. The topological polar surface area (TPSA) is 70.4 Å². The van der Waals surface area contributed by atoms with Gasteiger partial charge in [-0.05, 0) is 35.4 Å². The number of hydrogen-bond acceptors (Lipinski definition) is 5. The molecular weight excluding hydrogens is 380 g/mol. The van der Waals surface area contributed by atoms with Crippen molar-refractivity contribution in [1.82, 2.24) is 9.78 Å². The highest BCUT2D eigenvalue weighted by molar-refractivity contribution is 6.09. The number of carbonyl (C=O) groups is 2. The maximum absolute atomic E-state index is 12.8. The minimum Gasteiger partial charge on any atom is -0.465 e. The molecule has 4 rings (SSSR count). The van der Waals surface area contributed by atoms with Gasteiger partial charge in [-0.1, -0.05) is 54.6 Å². The number of methoxy groups -OCH3 is 2. The van der Waals surface area contributed by atoms with Crippen LogP contribution in [0.2, 0.25) is 0 Å². The van der Waals surface area contributed by atoms with Crippen LogP contribution in [0.4, 0.5) is 0 Å². The summed E-state index contributed by atoms with van der Waals surface area (Å²) in [5, 5.41) is 6.65. The minimum atomic E-state index is -0.672. The second-order valence-corrected chi connectivity index (χ2v) is 6.78. The van der Waals surface area contributed by atoms with E-state index in [0.29, 0.717) is 11.4 Å². The number of benzene rings is 3. The molecule has 0 bridgehead atoms. The SMILES string of the molecule is COC(=O)c1c(-c2ccc(C)c3ccccc23)nn(-c2ccccc2)c1C(=O)OC. The van der Waals surface area contributed by atoms with Gasteiger partial charge >= 0.3 is 11.9 Å². The van der Waals surface area contributed by atoms with Crippen LogP contribution in [0.25, 0.3) is 27.7 Å². The highest BCUT2D eigenvalue weighted by Crippen LogP contribution is 2.34. The first-order chi connectivity index (χ1) is 14.6. The number of hydrogen-bond donors (Lipinski definition) is 0. The molecule has 0 aliphatic carbocycles. The van der Waals surface area contributed by atoms with Gasteiger partial charge < -0.3 is 9.47 Å². The highest BCUT2D eigenvalue weighted by Gasteiger charge is 2.31. The third-order valence-corrected chi connectivity index (χ3v) is 5.05. The van der Waals surface area contributed by atoms with Crippen LogP contribution in [0.5, 0.6) is 0 Å². The summed E-state index contributed by atoms with van der Waals surface area (Å²) in [5.41, 5.74) is 2.92. The fourth-order valence-corrected chi connectivity index (χ4v) is 3.60. The molecule has 0 fully saturated rings. The van der Waals surface area contributed by atoms with Gasteiger partial charge in [0, 0.05) is 5.56 Å². The van der Waals surface area contributed by atoms with Crippen molar-refractivity contribution in [3.63, 3.8) is 0 Å². The van der Waals surface area contributed by atoms with E-state index in [0.717, 1.165) is 21.9 Å². The molecule has 0 N–H and O–H groups in total. The average Bonchev–Trinajstić information content (AvgIpc) is 3.19. The summed E-state index contributed by atoms with van der Waals surface area (Å²) in [4.78, 5) is 25.5. The summed E-state index contributed by atoms with van der Waals surface area (Å²) >= 11 is 0. The minimum absolute atomic E-state index is 0.0233. The molecule has 6 nitrogen and oxygen atoms in total. The van der Waals surface area contributed by atoms with Crippen molar-refractivity contribution in [1.29, 1.82) is 0 Å². The van der Waals surface area contributed by atoms with E-state index in [4.69, 9.17) is 9.47 Å². The van der Waals surface area contributed by atoms with Gasteiger partial charge in [0.25, 0.3) is 0 Å². The molecule has 4 aromatic rings. The second-order valence-electron chi connectivity index (χ2n) is 6.78. The predicted molar refractivity (Wildman–Crippen MR) is 114 cm³/mol. The van der Waals surface area contributed by atoms with Crippen LogP contribution in [-0.2, 0) is 9.47 Å². The van der Waals surface area contributed by atoms with Gasteiger partial charge in [-0.3, -0.25) is 0 Å². The number of fused-ring (bicyclic) bond motifs is 1. The van der Waals surface area contributed by atoms with Crippen LogP contribution in [0, 0.1) is 6.92 Å². The summed E-state index contributed by atoms with van der Waals surface area (Å²) in [6, 6.07) is 20.9. The summed E-state index contributed by atoms with van der Waals surface area (Å²) in [5.74, 6) is -1.33. The van der Waals surface area contributed by atoms with Gasteiger partial charge in [0.05, 0.1) is 19.9 Å². The number of para-hydroxylation sites is 1. The van der Waals surface area contributed by atoms with E-state index in [1.165, 1.54) is 18.9 Å². The molecule has 0 aliphatic heterocycles. The van der Waals surface area contributed by atoms with Crippen LogP contribution in [-0.4, -0.2) is 35.9 Å². The lowest BCUT2D eigenvalue weighted by Gasteiger charge is -2.09. The third-order valence-electron chi connectivity index (χ3n) is 5.05. The Balaban J connectivity index is 2.11. The van der Waals surface area contributed by atoms with Crippen LogP contribution >= 0.6 is 0 Å². The Morgan fingerprint density at radius 2 is 1.43 bits per heavy atom. The Bertz CT molecular complexity index is 1260. The Hall–Kier alpha value is -3.93. The van der Waals surface area contributed by atoms with E-state index >= 15 is 0 Å². The van der Waals surface area contributed by atoms with Crippen molar-refractivity contribution >= 4 is 22.7 Å². The molecule has 3 aromatic carbocycles. The zero-order valence-corrected chi connectivity index (χ0v) is 16.9. The summed E-state index contributed by atoms with van der Waals surface area (Å²) in [6.07, 6.45) is 0. The zero-order valence-electron chi connectivity index (χ0n) is 16.9. The molecule has 0 saturated carbocycles. The number of esters is 2. The van der Waals surface area contributed by atoms with Crippen molar-refractivity contribution in [2.24, 2.45) is 0 Å². The lowest BCUT2D eigenvalue weighted by Crippen LogP contribution is -2.15. The molecule has 0 saturated heterocycles. The van der Waals surface area contributed by atoms with Gasteiger partial charge in [0.2, 0.25) is 0 Å². The van der Waals surface area contributed by atoms with Crippen molar-refractivity contribution in [2.45, 2.75) is 6.92 Å². The molecule has 0 aliphatic rings. The molecule has 150 valence electrons. The summed E-state index contributed by atoms with van der Waals surface area (Å²) in [6.45, 7) is 2.02. The molecule has 1 heterocycles. The number of carbonyl (C=O) groups excluding carboxylic acids is 2. The van der Waals surface area contributed by atoms with Gasteiger partial charge in [-0.2, -0.15) is 5.10 Å². The van der Waals surface area contributed by atoms with E-state index in [1.54, 1.807) is 12.1 Å². The first kappa shape index (κ1) is 19.4. The Labute approximate surface area is 173 Å². The quantitative estimate of drug-likeness (QED) is 0.469. The van der Waals surface area contributed by atoms with E-state index in [2.05, 4.69) is 5.10 Å². The molecule has 0 unspecified atom stereocenters. The van der Waals surface area contributed by atoms with Crippen LogP contribution < -0.4 is 0 Å². The van der Waals surface area contributed by atoms with E-state index in [9.17, 15) is 9.59 Å². The number of ether oxygens (including phenoxy) is 2. The van der Waals surface area contributed by atoms with Crippen molar-refractivity contribution in [3.05, 3.63) is 83.6 Å². The van der Waals surface area contributed by atoms with Gasteiger partial charge in [-0.25, -0.2) is 14.3 Å². The highest BCUT2D eigenvalue weighted by atomic mass is 16.5. The maximum atomic E-state index is 12.8. The van der Waals surface area contributed by atoms with E-state index < -0.39 is 11.9 Å². The molecule has 6 heteroatoms. The molecule has 0 spiro atoms. The normalized spacial score (nSPS) is 10.8. The number of aromatic nitrogens is 2. The molecular formula is C24H20N2O4. The fourth-order valence-electron chi connectivity index (χ4n) is 3.60. The first-order valence-electron chi connectivity index (χ1n) is 9.40. The first-order valence-corrected chi connectivity index (χ1v) is 9.40. The Kier molecular flexibility index (Phi) is 5.06. The number of rotatable bonds is 4. The zero-order chi connectivity index (χ0) is 21.3. The summed E-state index contributed by atoms with van der Waals surface area (Å²) in [7, 11) is 2.55. The van der Waals surface area contributed by atoms with Gasteiger partial charge in [0.1, 0.15) is 11.3 Å². The van der Waals surface area contributed by atoms with Crippen molar-refractivity contribution < 1.29 is 19.1 Å². The molecule has 30 heavy (non-hydrogen) atoms. The van der Waals surface area contributed by atoms with Crippen molar-refractivity contribution in [3.8, 4) is 16.9 Å². The molecule has 1 aromatic heterocycles. The molecule has 0 amide bonds. The predicted octanol–water partition coefficient (Wildman–Crippen LogP) is 4.57. The van der Waals surface area contributed by atoms with E-state index in [1.807, 2.05) is 61.5 Å². The smallest absolute Gasteiger partial charge is 0.357 e. The Morgan fingerprint density at radius 1 is 0.800 bits per heavy atom. The van der Waals surface area contributed by atoms with Crippen LogP contribution in [0.15, 0.2) is 66.7 Å². The monoisotopic (exact) mass is 400 g/mol. The largest absolute Gasteiger partial charge is 0.465 e. The lowest BCUT2D eigenvalue weighted by molar-refractivity contribution is 0.0549. The average molecular weight is 400 g/mol.